The van der Waals surface area contributed by atoms with E-state index in [1.807, 2.05) is 6.92 Å². The third kappa shape index (κ3) is 4.17. The SMILES string of the molecule is CCCNc1ccc([N+](=O)[O-])cc1C(=O)NC[C@@H]1CCCO1. The van der Waals surface area contributed by atoms with Gasteiger partial charge in [0.25, 0.3) is 11.6 Å². The number of anilines is 1. The number of rotatable bonds is 7. The Morgan fingerprint density at radius 2 is 2.32 bits per heavy atom. The summed E-state index contributed by atoms with van der Waals surface area (Å²) in [7, 11) is 0. The molecular formula is C15H21N3O4. The average molecular weight is 307 g/mol. The van der Waals surface area contributed by atoms with Crippen LogP contribution in [0.5, 0.6) is 0 Å². The van der Waals surface area contributed by atoms with Gasteiger partial charge in [-0.3, -0.25) is 14.9 Å². The summed E-state index contributed by atoms with van der Waals surface area (Å²) in [6.45, 7) is 3.86. The van der Waals surface area contributed by atoms with Crippen molar-refractivity contribution in [3.8, 4) is 0 Å². The number of hydrogen-bond acceptors (Lipinski definition) is 5. The molecule has 0 bridgehead atoms. The molecule has 0 spiro atoms. The number of non-ortho nitro benzene ring substituents is 1. The van der Waals surface area contributed by atoms with Gasteiger partial charge in [-0.1, -0.05) is 6.92 Å². The van der Waals surface area contributed by atoms with Gasteiger partial charge in [0.2, 0.25) is 0 Å². The highest BCUT2D eigenvalue weighted by Gasteiger charge is 2.20. The van der Waals surface area contributed by atoms with Gasteiger partial charge in [0.1, 0.15) is 0 Å². The summed E-state index contributed by atoms with van der Waals surface area (Å²) in [6, 6.07) is 4.28. The number of nitro benzene ring substituents is 1. The van der Waals surface area contributed by atoms with Crippen LogP contribution in [-0.2, 0) is 4.74 Å². The lowest BCUT2D eigenvalue weighted by molar-refractivity contribution is -0.384. The first kappa shape index (κ1) is 16.2. The van der Waals surface area contributed by atoms with E-state index in [-0.39, 0.29) is 17.7 Å². The number of nitrogens with zero attached hydrogens (tertiary/aromatic N) is 1. The molecule has 1 heterocycles. The lowest BCUT2D eigenvalue weighted by atomic mass is 10.1. The second-order valence-corrected chi connectivity index (χ2v) is 5.26. The Morgan fingerprint density at radius 1 is 1.50 bits per heavy atom. The third-order valence-electron chi connectivity index (χ3n) is 3.54. The van der Waals surface area contributed by atoms with E-state index < -0.39 is 4.92 Å². The van der Waals surface area contributed by atoms with E-state index in [9.17, 15) is 14.9 Å². The van der Waals surface area contributed by atoms with Crippen molar-refractivity contribution in [2.45, 2.75) is 32.3 Å². The molecule has 1 aromatic carbocycles. The highest BCUT2D eigenvalue weighted by molar-refractivity contribution is 6.00. The van der Waals surface area contributed by atoms with Gasteiger partial charge in [0.05, 0.1) is 16.6 Å². The summed E-state index contributed by atoms with van der Waals surface area (Å²) in [5, 5.41) is 16.8. The molecule has 1 fully saturated rings. The normalized spacial score (nSPS) is 17.2. The Hall–Kier alpha value is -2.15. The van der Waals surface area contributed by atoms with Crippen LogP contribution in [0.2, 0.25) is 0 Å². The van der Waals surface area contributed by atoms with Crippen LogP contribution in [0.25, 0.3) is 0 Å². The molecule has 0 aliphatic carbocycles. The van der Waals surface area contributed by atoms with Gasteiger partial charge < -0.3 is 15.4 Å². The van der Waals surface area contributed by atoms with Gasteiger partial charge in [-0.25, -0.2) is 0 Å². The predicted molar refractivity (Wildman–Crippen MR) is 83.2 cm³/mol. The van der Waals surface area contributed by atoms with Gasteiger partial charge in [0.15, 0.2) is 0 Å². The van der Waals surface area contributed by atoms with Crippen LogP contribution in [0, 0.1) is 10.1 Å². The quantitative estimate of drug-likeness (QED) is 0.595. The number of ether oxygens (including phenoxy) is 1. The number of nitro groups is 1. The number of carbonyl (C=O) groups excluding carboxylic acids is 1. The Labute approximate surface area is 129 Å². The molecule has 0 unspecified atom stereocenters. The Bertz CT molecular complexity index is 542. The fourth-order valence-corrected chi connectivity index (χ4v) is 2.35. The zero-order chi connectivity index (χ0) is 15.9. The monoisotopic (exact) mass is 307 g/mol. The van der Waals surface area contributed by atoms with Crippen molar-refractivity contribution in [3.05, 3.63) is 33.9 Å². The summed E-state index contributed by atoms with van der Waals surface area (Å²) < 4.78 is 5.46. The van der Waals surface area contributed by atoms with Crippen molar-refractivity contribution in [1.29, 1.82) is 0 Å². The number of hydrogen-bond donors (Lipinski definition) is 2. The Morgan fingerprint density at radius 3 is 2.95 bits per heavy atom. The van der Waals surface area contributed by atoms with Crippen LogP contribution >= 0.6 is 0 Å². The first-order valence-corrected chi connectivity index (χ1v) is 7.54. The fraction of sp³-hybridized carbons (Fsp3) is 0.533. The van der Waals surface area contributed by atoms with E-state index in [2.05, 4.69) is 10.6 Å². The summed E-state index contributed by atoms with van der Waals surface area (Å²) in [6.07, 6.45) is 2.86. The van der Waals surface area contributed by atoms with Gasteiger partial charge >= 0.3 is 0 Å². The van der Waals surface area contributed by atoms with E-state index in [1.165, 1.54) is 12.1 Å². The molecule has 1 saturated heterocycles. The fourth-order valence-electron chi connectivity index (χ4n) is 2.35. The molecule has 2 N–H and O–H groups in total. The molecule has 22 heavy (non-hydrogen) atoms. The van der Waals surface area contributed by atoms with Gasteiger partial charge in [-0.2, -0.15) is 0 Å². The molecule has 0 saturated carbocycles. The van der Waals surface area contributed by atoms with E-state index in [1.54, 1.807) is 6.07 Å². The topological polar surface area (TPSA) is 93.5 Å². The predicted octanol–water partition coefficient (Wildman–Crippen LogP) is 2.33. The van der Waals surface area contributed by atoms with Crippen LogP contribution in [0.3, 0.4) is 0 Å². The molecule has 120 valence electrons. The zero-order valence-electron chi connectivity index (χ0n) is 12.6. The van der Waals surface area contributed by atoms with E-state index in [4.69, 9.17) is 4.74 Å². The lowest BCUT2D eigenvalue weighted by Gasteiger charge is -2.14. The summed E-state index contributed by atoms with van der Waals surface area (Å²) in [5.41, 5.74) is 0.808. The average Bonchev–Trinajstić information content (AvgIpc) is 3.03. The molecule has 2 rings (SSSR count). The zero-order valence-corrected chi connectivity index (χ0v) is 12.6. The number of nitrogens with one attached hydrogen (secondary N) is 2. The minimum absolute atomic E-state index is 0.0368. The minimum atomic E-state index is -0.500. The molecule has 1 amide bonds. The Balaban J connectivity index is 2.11. The standard InChI is InChI=1S/C15H21N3O4/c1-2-7-16-14-6-5-11(18(20)21)9-13(14)15(19)17-10-12-4-3-8-22-12/h5-6,9,12,16H,2-4,7-8,10H2,1H3,(H,17,19)/t12-/m0/s1. The van der Waals surface area contributed by atoms with Gasteiger partial charge in [-0.05, 0) is 25.3 Å². The van der Waals surface area contributed by atoms with E-state index >= 15 is 0 Å². The van der Waals surface area contributed by atoms with Crippen molar-refractivity contribution >= 4 is 17.3 Å². The van der Waals surface area contributed by atoms with Crippen molar-refractivity contribution in [2.24, 2.45) is 0 Å². The largest absolute Gasteiger partial charge is 0.384 e. The molecule has 1 aliphatic rings. The molecule has 7 nitrogen and oxygen atoms in total. The molecule has 1 atom stereocenters. The maximum Gasteiger partial charge on any atom is 0.270 e. The maximum absolute atomic E-state index is 12.3. The number of benzene rings is 1. The smallest absolute Gasteiger partial charge is 0.270 e. The van der Waals surface area contributed by atoms with E-state index in [0.29, 0.717) is 24.3 Å². The van der Waals surface area contributed by atoms with Crippen molar-refractivity contribution in [2.75, 3.05) is 25.0 Å². The summed E-state index contributed by atoms with van der Waals surface area (Å²) in [4.78, 5) is 22.7. The third-order valence-corrected chi connectivity index (χ3v) is 3.54. The lowest BCUT2D eigenvalue weighted by Crippen LogP contribution is -2.32. The highest BCUT2D eigenvalue weighted by Crippen LogP contribution is 2.22. The highest BCUT2D eigenvalue weighted by atomic mass is 16.6. The molecule has 0 aromatic heterocycles. The van der Waals surface area contributed by atoms with Gasteiger partial charge in [0, 0.05) is 37.5 Å². The van der Waals surface area contributed by atoms with Gasteiger partial charge in [-0.15, -0.1) is 0 Å². The molecule has 1 aromatic rings. The van der Waals surface area contributed by atoms with Crippen molar-refractivity contribution < 1.29 is 14.5 Å². The maximum atomic E-state index is 12.3. The second-order valence-electron chi connectivity index (χ2n) is 5.26. The summed E-state index contributed by atoms with van der Waals surface area (Å²) in [5.74, 6) is -0.321. The molecule has 1 aliphatic heterocycles. The Kier molecular flexibility index (Phi) is 5.71. The molecule has 0 radical (unpaired) electrons. The van der Waals surface area contributed by atoms with E-state index in [0.717, 1.165) is 25.9 Å². The molecule has 7 heteroatoms. The van der Waals surface area contributed by atoms with Crippen LogP contribution in [0.15, 0.2) is 18.2 Å². The van der Waals surface area contributed by atoms with Crippen molar-refractivity contribution in [1.82, 2.24) is 5.32 Å². The summed E-state index contributed by atoms with van der Waals surface area (Å²) >= 11 is 0. The van der Waals surface area contributed by atoms with Crippen molar-refractivity contribution in [3.63, 3.8) is 0 Å². The van der Waals surface area contributed by atoms with Crippen LogP contribution in [0.1, 0.15) is 36.5 Å². The van der Waals surface area contributed by atoms with Crippen LogP contribution in [-0.4, -0.2) is 36.6 Å². The minimum Gasteiger partial charge on any atom is -0.384 e. The first-order valence-electron chi connectivity index (χ1n) is 7.54. The molecular weight excluding hydrogens is 286 g/mol. The second kappa shape index (κ2) is 7.74. The first-order chi connectivity index (χ1) is 10.6. The van der Waals surface area contributed by atoms with Crippen LogP contribution < -0.4 is 10.6 Å². The number of amides is 1. The van der Waals surface area contributed by atoms with Crippen LogP contribution in [0.4, 0.5) is 11.4 Å². The number of carbonyl (C=O) groups is 1.